The number of amides is 1. The Morgan fingerprint density at radius 3 is 2.81 bits per heavy atom. The summed E-state index contributed by atoms with van der Waals surface area (Å²) in [4.78, 5) is 23.9. The number of nitrogens with one attached hydrogen (secondary N) is 2. The molecule has 2 N–H and O–H groups in total. The first-order chi connectivity index (χ1) is 10.0. The van der Waals surface area contributed by atoms with Crippen molar-refractivity contribution in [3.05, 3.63) is 28.2 Å². The number of ether oxygens (including phenoxy) is 1. The highest BCUT2D eigenvalue weighted by Crippen LogP contribution is 2.26. The van der Waals surface area contributed by atoms with Crippen molar-refractivity contribution in [1.82, 2.24) is 5.32 Å². The van der Waals surface area contributed by atoms with Crippen molar-refractivity contribution in [3.8, 4) is 0 Å². The average molecular weight is 355 g/mol. The molecule has 1 fully saturated rings. The minimum Gasteiger partial charge on any atom is -0.462 e. The highest BCUT2D eigenvalue weighted by Gasteiger charge is 2.29. The van der Waals surface area contributed by atoms with E-state index in [2.05, 4.69) is 26.6 Å². The summed E-state index contributed by atoms with van der Waals surface area (Å²) in [6, 6.07) is 5.20. The molecule has 1 heterocycles. The van der Waals surface area contributed by atoms with E-state index in [0.717, 1.165) is 13.0 Å². The first kappa shape index (κ1) is 16.0. The average Bonchev–Trinajstić information content (AvgIpc) is 2.87. The summed E-state index contributed by atoms with van der Waals surface area (Å²) in [6.07, 6.45) is 0.839. The number of halogens is 1. The molecule has 1 amide bonds. The standard InChI is InChI=1S/C15H19BrN2O3/c1-3-21-15(20)10-4-5-13(12(16)8-10)18-14(19)11-6-7-17-9(11)2/h4-5,8-9,11,17H,3,6-7H2,1-2H3,(H,18,19). The summed E-state index contributed by atoms with van der Waals surface area (Å²) < 4.78 is 5.61. The molecule has 0 aromatic heterocycles. The van der Waals surface area contributed by atoms with Crippen molar-refractivity contribution in [3.63, 3.8) is 0 Å². The van der Waals surface area contributed by atoms with Crippen LogP contribution in [0.1, 0.15) is 30.6 Å². The lowest BCUT2D eigenvalue weighted by Crippen LogP contribution is -2.32. The van der Waals surface area contributed by atoms with E-state index in [1.807, 2.05) is 6.92 Å². The van der Waals surface area contributed by atoms with Gasteiger partial charge < -0.3 is 15.4 Å². The van der Waals surface area contributed by atoms with Crippen LogP contribution in [-0.4, -0.2) is 31.1 Å². The molecule has 0 aliphatic carbocycles. The topological polar surface area (TPSA) is 67.4 Å². The lowest BCUT2D eigenvalue weighted by atomic mass is 10.0. The Morgan fingerprint density at radius 2 is 2.24 bits per heavy atom. The third kappa shape index (κ3) is 3.83. The first-order valence-electron chi connectivity index (χ1n) is 7.04. The molecule has 2 atom stereocenters. The molecule has 2 unspecified atom stereocenters. The number of anilines is 1. The Balaban J connectivity index is 2.07. The molecule has 21 heavy (non-hydrogen) atoms. The minimum atomic E-state index is -0.371. The summed E-state index contributed by atoms with van der Waals surface area (Å²) >= 11 is 3.38. The van der Waals surface area contributed by atoms with E-state index in [-0.39, 0.29) is 23.8 Å². The Hall–Kier alpha value is -1.40. The summed E-state index contributed by atoms with van der Waals surface area (Å²) in [6.45, 7) is 4.97. The summed E-state index contributed by atoms with van der Waals surface area (Å²) in [5.74, 6) is -0.400. The predicted octanol–water partition coefficient (Wildman–Crippen LogP) is 2.56. The quantitative estimate of drug-likeness (QED) is 0.815. The molecule has 5 nitrogen and oxygen atoms in total. The zero-order valence-corrected chi connectivity index (χ0v) is 13.7. The normalized spacial score (nSPS) is 21.1. The van der Waals surface area contributed by atoms with E-state index >= 15 is 0 Å². The summed E-state index contributed by atoms with van der Waals surface area (Å²) in [5, 5.41) is 6.16. The number of carbonyl (C=O) groups is 2. The van der Waals surface area contributed by atoms with Crippen LogP contribution in [0.15, 0.2) is 22.7 Å². The van der Waals surface area contributed by atoms with Crippen molar-refractivity contribution in [2.24, 2.45) is 5.92 Å². The number of rotatable bonds is 4. The van der Waals surface area contributed by atoms with Crippen LogP contribution < -0.4 is 10.6 Å². The van der Waals surface area contributed by atoms with E-state index in [4.69, 9.17) is 4.74 Å². The van der Waals surface area contributed by atoms with Crippen LogP contribution in [0.25, 0.3) is 0 Å². The SMILES string of the molecule is CCOC(=O)c1ccc(NC(=O)C2CCNC2C)c(Br)c1. The lowest BCUT2D eigenvalue weighted by Gasteiger charge is -2.16. The molecule has 0 radical (unpaired) electrons. The fourth-order valence-electron chi connectivity index (χ4n) is 2.40. The van der Waals surface area contributed by atoms with Gasteiger partial charge in [0.2, 0.25) is 5.91 Å². The predicted molar refractivity (Wildman–Crippen MR) is 84.3 cm³/mol. The molecule has 1 aliphatic heterocycles. The number of hydrogen-bond acceptors (Lipinski definition) is 4. The van der Waals surface area contributed by atoms with E-state index in [1.54, 1.807) is 25.1 Å². The van der Waals surface area contributed by atoms with E-state index in [9.17, 15) is 9.59 Å². The van der Waals surface area contributed by atoms with E-state index < -0.39 is 0 Å². The molecule has 114 valence electrons. The molecule has 0 bridgehead atoms. The molecule has 1 aromatic rings. The van der Waals surface area contributed by atoms with Gasteiger partial charge in [-0.15, -0.1) is 0 Å². The Kier molecular flexibility index (Phi) is 5.36. The zero-order valence-electron chi connectivity index (χ0n) is 12.1. The van der Waals surface area contributed by atoms with Crippen LogP contribution in [0.4, 0.5) is 5.69 Å². The fourth-order valence-corrected chi connectivity index (χ4v) is 2.88. The molecule has 0 spiro atoms. The third-order valence-electron chi connectivity index (χ3n) is 3.60. The fraction of sp³-hybridized carbons (Fsp3) is 0.467. The second kappa shape index (κ2) is 7.04. The Labute approximate surface area is 132 Å². The summed E-state index contributed by atoms with van der Waals surface area (Å²) in [5.41, 5.74) is 1.12. The molecular formula is C15H19BrN2O3. The second-order valence-electron chi connectivity index (χ2n) is 5.04. The van der Waals surface area contributed by atoms with Crippen LogP contribution in [0, 0.1) is 5.92 Å². The number of carbonyl (C=O) groups excluding carboxylic acids is 2. The number of hydrogen-bond donors (Lipinski definition) is 2. The Bertz CT molecular complexity index is 548. The maximum atomic E-state index is 12.2. The summed E-state index contributed by atoms with van der Waals surface area (Å²) in [7, 11) is 0. The van der Waals surface area contributed by atoms with Crippen molar-refractivity contribution in [2.75, 3.05) is 18.5 Å². The van der Waals surface area contributed by atoms with Crippen LogP contribution >= 0.6 is 15.9 Å². The maximum absolute atomic E-state index is 12.2. The number of esters is 1. The van der Waals surface area contributed by atoms with Gasteiger partial charge in [-0.2, -0.15) is 0 Å². The highest BCUT2D eigenvalue weighted by molar-refractivity contribution is 9.10. The molecule has 1 aromatic carbocycles. The van der Waals surface area contributed by atoms with Gasteiger partial charge in [-0.25, -0.2) is 4.79 Å². The first-order valence-corrected chi connectivity index (χ1v) is 7.83. The third-order valence-corrected chi connectivity index (χ3v) is 4.26. The van der Waals surface area contributed by atoms with Gasteiger partial charge in [-0.3, -0.25) is 4.79 Å². The zero-order chi connectivity index (χ0) is 15.4. The minimum absolute atomic E-state index is 0.00270. The van der Waals surface area contributed by atoms with E-state index in [1.165, 1.54) is 0 Å². The van der Waals surface area contributed by atoms with Crippen LogP contribution in [0.5, 0.6) is 0 Å². The molecule has 6 heteroatoms. The largest absolute Gasteiger partial charge is 0.462 e. The second-order valence-corrected chi connectivity index (χ2v) is 5.90. The lowest BCUT2D eigenvalue weighted by molar-refractivity contribution is -0.120. The van der Waals surface area contributed by atoms with Gasteiger partial charge in [-0.1, -0.05) is 0 Å². The Morgan fingerprint density at radius 1 is 1.48 bits per heavy atom. The van der Waals surface area contributed by atoms with Crippen LogP contribution in [0.3, 0.4) is 0 Å². The van der Waals surface area contributed by atoms with Crippen molar-refractivity contribution in [2.45, 2.75) is 26.3 Å². The van der Waals surface area contributed by atoms with Crippen LogP contribution in [0.2, 0.25) is 0 Å². The van der Waals surface area contributed by atoms with Gasteiger partial charge in [0.05, 0.1) is 23.8 Å². The van der Waals surface area contributed by atoms with Crippen molar-refractivity contribution < 1.29 is 14.3 Å². The van der Waals surface area contributed by atoms with Gasteiger partial charge in [0.1, 0.15) is 0 Å². The van der Waals surface area contributed by atoms with E-state index in [0.29, 0.717) is 22.3 Å². The van der Waals surface area contributed by atoms with Crippen LogP contribution in [-0.2, 0) is 9.53 Å². The molecule has 1 saturated heterocycles. The molecular weight excluding hydrogens is 336 g/mol. The highest BCUT2D eigenvalue weighted by atomic mass is 79.9. The monoisotopic (exact) mass is 354 g/mol. The maximum Gasteiger partial charge on any atom is 0.338 e. The van der Waals surface area contributed by atoms with Gasteiger partial charge >= 0.3 is 5.97 Å². The molecule has 1 aliphatic rings. The molecule has 2 rings (SSSR count). The van der Waals surface area contributed by atoms with Gasteiger partial charge in [0, 0.05) is 10.5 Å². The van der Waals surface area contributed by atoms with Gasteiger partial charge in [-0.05, 0) is 60.9 Å². The smallest absolute Gasteiger partial charge is 0.338 e. The number of benzene rings is 1. The van der Waals surface area contributed by atoms with Crippen molar-refractivity contribution >= 4 is 33.5 Å². The van der Waals surface area contributed by atoms with Crippen molar-refractivity contribution in [1.29, 1.82) is 0 Å². The van der Waals surface area contributed by atoms with Gasteiger partial charge in [0.25, 0.3) is 0 Å². The van der Waals surface area contributed by atoms with Gasteiger partial charge in [0.15, 0.2) is 0 Å². The molecule has 0 saturated carbocycles.